The monoisotopic (exact) mass is 401 g/mol. The number of aliphatic carboxylic acids is 2. The Bertz CT molecular complexity index is 615. The number of nitrogens with one attached hydrogen (secondary N) is 2. The molecule has 6 N–H and O–H groups in total. The van der Waals surface area contributed by atoms with Crippen molar-refractivity contribution in [3.8, 4) is 0 Å². The van der Waals surface area contributed by atoms with Gasteiger partial charge in [-0.2, -0.15) is 11.8 Å². The average molecular weight is 401 g/mol. The first-order valence-corrected chi connectivity index (χ1v) is 9.18. The third-order valence-corrected chi connectivity index (χ3v) is 4.34. The molecule has 0 saturated carbocycles. The number of carbonyl (C=O) groups excluding carboxylic acids is 1. The van der Waals surface area contributed by atoms with Crippen molar-refractivity contribution in [1.29, 1.82) is 0 Å². The normalized spacial score (nSPS) is 12.0. The molecule has 0 spiro atoms. The number of benzene rings is 1. The summed E-state index contributed by atoms with van der Waals surface area (Å²) in [4.78, 5) is 33.9. The second kappa shape index (κ2) is 12.1. The van der Waals surface area contributed by atoms with Crippen LogP contribution in [0.3, 0.4) is 0 Å². The Morgan fingerprint density at radius 3 is 2.33 bits per heavy atom. The number of carboxylic acids is 2. The van der Waals surface area contributed by atoms with Gasteiger partial charge in [-0.15, -0.1) is 0 Å². The Labute approximate surface area is 160 Å². The molecule has 0 aliphatic carbocycles. The van der Waals surface area contributed by atoms with Crippen molar-refractivity contribution in [3.63, 3.8) is 0 Å². The van der Waals surface area contributed by atoms with E-state index in [0.29, 0.717) is 5.75 Å². The van der Waals surface area contributed by atoms with Gasteiger partial charge in [-0.25, -0.2) is 14.6 Å². The van der Waals surface area contributed by atoms with Crippen LogP contribution in [0.2, 0.25) is 0 Å². The van der Waals surface area contributed by atoms with E-state index in [1.807, 2.05) is 30.3 Å². The largest absolute Gasteiger partial charge is 0.481 e. The van der Waals surface area contributed by atoms with E-state index in [9.17, 15) is 19.5 Å². The van der Waals surface area contributed by atoms with Crippen LogP contribution in [0.5, 0.6) is 0 Å². The van der Waals surface area contributed by atoms with E-state index in [0.717, 1.165) is 10.6 Å². The van der Waals surface area contributed by atoms with Crippen molar-refractivity contribution in [3.05, 3.63) is 35.9 Å². The van der Waals surface area contributed by atoms with Gasteiger partial charge in [0.25, 0.3) is 0 Å². The molecule has 1 unspecified atom stereocenters. The molecule has 0 fully saturated rings. The first kappa shape index (κ1) is 22.7. The van der Waals surface area contributed by atoms with E-state index < -0.39 is 36.8 Å². The Hall–Kier alpha value is -2.34. The van der Waals surface area contributed by atoms with Gasteiger partial charge in [-0.05, 0) is 5.56 Å². The average Bonchev–Trinajstić information content (AvgIpc) is 2.59. The molecule has 27 heavy (non-hydrogen) atoms. The molecule has 0 bridgehead atoms. The van der Waals surface area contributed by atoms with Crippen LogP contribution in [0.1, 0.15) is 12.0 Å². The molecular weight excluding hydrogens is 378 g/mol. The molecule has 1 aromatic rings. The van der Waals surface area contributed by atoms with E-state index in [1.165, 1.54) is 11.8 Å². The Balaban J connectivity index is 2.51. The molecule has 0 saturated heterocycles. The molecule has 11 heteroatoms. The first-order valence-electron chi connectivity index (χ1n) is 8.02. The molecule has 0 radical (unpaired) electrons. The standard InChI is InChI=1S/C16H23N3O7S/c20-13(21)6-7-19(8-14(22)23)18-16(26)17-12(15(24)25)10-27-9-11-4-2-1-3-5-11/h1-5,12,14,22-23H,6-10H2,(H,20,21)(H,24,25)(H2,17,18,26). The lowest BCUT2D eigenvalue weighted by atomic mass is 10.2. The lowest BCUT2D eigenvalue weighted by Crippen LogP contribution is -2.54. The third kappa shape index (κ3) is 10.4. The number of nitrogens with zero attached hydrogens (tertiary/aromatic N) is 1. The zero-order valence-electron chi connectivity index (χ0n) is 14.4. The second-order valence-electron chi connectivity index (χ2n) is 5.55. The maximum atomic E-state index is 12.0. The summed E-state index contributed by atoms with van der Waals surface area (Å²) >= 11 is 1.33. The van der Waals surface area contributed by atoms with Gasteiger partial charge in [-0.1, -0.05) is 30.3 Å². The Morgan fingerprint density at radius 1 is 1.11 bits per heavy atom. The summed E-state index contributed by atoms with van der Waals surface area (Å²) in [6.45, 7) is -0.609. The number of hydrogen-bond acceptors (Lipinski definition) is 7. The topological polar surface area (TPSA) is 159 Å². The van der Waals surface area contributed by atoms with Crippen molar-refractivity contribution < 1.29 is 34.8 Å². The van der Waals surface area contributed by atoms with Gasteiger partial charge in [0.1, 0.15) is 6.04 Å². The van der Waals surface area contributed by atoms with Crippen LogP contribution < -0.4 is 10.7 Å². The molecule has 1 aromatic carbocycles. The van der Waals surface area contributed by atoms with Crippen LogP contribution >= 0.6 is 11.8 Å². The van der Waals surface area contributed by atoms with Crippen LogP contribution in [-0.4, -0.2) is 74.6 Å². The molecule has 0 aliphatic rings. The molecule has 150 valence electrons. The fraction of sp³-hybridized carbons (Fsp3) is 0.438. The van der Waals surface area contributed by atoms with Crippen LogP contribution in [0.15, 0.2) is 30.3 Å². The zero-order valence-corrected chi connectivity index (χ0v) is 15.3. The maximum Gasteiger partial charge on any atom is 0.330 e. The number of hydrogen-bond donors (Lipinski definition) is 6. The van der Waals surface area contributed by atoms with Gasteiger partial charge in [0.05, 0.1) is 13.0 Å². The maximum absolute atomic E-state index is 12.0. The number of aliphatic hydroxyl groups is 2. The smallest absolute Gasteiger partial charge is 0.330 e. The van der Waals surface area contributed by atoms with Gasteiger partial charge in [-0.3, -0.25) is 10.2 Å². The summed E-state index contributed by atoms with van der Waals surface area (Å²) in [6, 6.07) is 7.38. The Morgan fingerprint density at radius 2 is 1.78 bits per heavy atom. The lowest BCUT2D eigenvalue weighted by molar-refractivity contribution is -0.139. The van der Waals surface area contributed by atoms with Gasteiger partial charge >= 0.3 is 18.0 Å². The van der Waals surface area contributed by atoms with Crippen molar-refractivity contribution >= 4 is 29.7 Å². The minimum Gasteiger partial charge on any atom is -0.481 e. The van der Waals surface area contributed by atoms with Gasteiger partial charge in [0.15, 0.2) is 6.29 Å². The fourth-order valence-corrected chi connectivity index (χ4v) is 3.01. The fourth-order valence-electron chi connectivity index (χ4n) is 2.00. The lowest BCUT2D eigenvalue weighted by Gasteiger charge is -2.24. The third-order valence-electron chi connectivity index (χ3n) is 3.24. The van der Waals surface area contributed by atoms with Crippen LogP contribution in [0.4, 0.5) is 4.79 Å². The second-order valence-corrected chi connectivity index (χ2v) is 6.58. The summed E-state index contributed by atoms with van der Waals surface area (Å²) in [6.07, 6.45) is -2.14. The van der Waals surface area contributed by atoms with E-state index >= 15 is 0 Å². The number of aliphatic hydroxyl groups excluding tert-OH is 1. The van der Waals surface area contributed by atoms with Crippen LogP contribution in [-0.2, 0) is 15.3 Å². The first-order chi connectivity index (χ1) is 12.8. The molecule has 0 heterocycles. The van der Waals surface area contributed by atoms with Gasteiger partial charge < -0.3 is 25.7 Å². The zero-order chi connectivity index (χ0) is 20.2. The van der Waals surface area contributed by atoms with Crippen molar-refractivity contribution in [2.75, 3.05) is 18.8 Å². The minimum atomic E-state index is -1.80. The molecule has 2 amide bonds. The number of carbonyl (C=O) groups is 3. The molecule has 1 atom stereocenters. The number of urea groups is 1. The van der Waals surface area contributed by atoms with Crippen LogP contribution in [0.25, 0.3) is 0 Å². The number of amides is 2. The number of rotatable bonds is 12. The highest BCUT2D eigenvalue weighted by atomic mass is 32.2. The number of hydrazine groups is 1. The van der Waals surface area contributed by atoms with Gasteiger partial charge in [0.2, 0.25) is 0 Å². The Kier molecular flexibility index (Phi) is 10.2. The summed E-state index contributed by atoms with van der Waals surface area (Å²) in [5.41, 5.74) is 3.25. The quantitative estimate of drug-likeness (QED) is 0.204. The summed E-state index contributed by atoms with van der Waals surface area (Å²) in [5, 5.41) is 39.2. The van der Waals surface area contributed by atoms with Crippen molar-refractivity contribution in [2.24, 2.45) is 0 Å². The van der Waals surface area contributed by atoms with E-state index in [1.54, 1.807) is 0 Å². The highest BCUT2D eigenvalue weighted by molar-refractivity contribution is 7.98. The number of thioether (sulfide) groups is 1. The SMILES string of the molecule is O=C(O)CCN(CC(O)O)NC(=O)NC(CSCc1ccccc1)C(=O)O. The molecular formula is C16H23N3O7S. The van der Waals surface area contributed by atoms with Gasteiger partial charge in [0, 0.05) is 18.1 Å². The highest BCUT2D eigenvalue weighted by Crippen LogP contribution is 2.13. The summed E-state index contributed by atoms with van der Waals surface area (Å²) < 4.78 is 0. The van der Waals surface area contributed by atoms with E-state index in [2.05, 4.69) is 10.7 Å². The predicted molar refractivity (Wildman–Crippen MR) is 97.7 cm³/mol. The molecule has 0 aliphatic heterocycles. The predicted octanol–water partition coefficient (Wildman–Crippen LogP) is -0.325. The molecule has 10 nitrogen and oxygen atoms in total. The van der Waals surface area contributed by atoms with E-state index in [-0.39, 0.29) is 18.7 Å². The van der Waals surface area contributed by atoms with Crippen LogP contribution in [0, 0.1) is 0 Å². The molecule has 0 aromatic heterocycles. The van der Waals surface area contributed by atoms with Crippen molar-refractivity contribution in [1.82, 2.24) is 15.8 Å². The van der Waals surface area contributed by atoms with Crippen molar-refractivity contribution in [2.45, 2.75) is 24.5 Å². The summed E-state index contributed by atoms with van der Waals surface area (Å²) in [7, 11) is 0. The highest BCUT2D eigenvalue weighted by Gasteiger charge is 2.21. The van der Waals surface area contributed by atoms with E-state index in [4.69, 9.17) is 15.3 Å². The summed E-state index contributed by atoms with van der Waals surface area (Å²) in [5.74, 6) is -1.65. The molecule has 1 rings (SSSR count). The minimum absolute atomic E-state index is 0.120. The number of carboxylic acid groups (broad SMARTS) is 2.